The summed E-state index contributed by atoms with van der Waals surface area (Å²) in [6, 6.07) is 5.66. The van der Waals surface area contributed by atoms with E-state index in [4.69, 9.17) is 27.1 Å². The Kier molecular flexibility index (Phi) is 4.71. The van der Waals surface area contributed by atoms with Gasteiger partial charge in [0, 0.05) is 46.3 Å². The van der Waals surface area contributed by atoms with Crippen LogP contribution in [0, 0.1) is 5.92 Å². The van der Waals surface area contributed by atoms with E-state index >= 15 is 0 Å². The second-order valence-corrected chi connectivity index (χ2v) is 8.54. The van der Waals surface area contributed by atoms with E-state index in [1.807, 2.05) is 17.5 Å². The SMILES string of the molecule is COC(=O)c1cnc(N)c2[nH]c(-c3cc(-c4nccs4)cc(C4CC4C(=O)Cl)n3)cc12. The number of carbonyl (C=O) groups excluding carboxylic acids is 2. The van der Waals surface area contributed by atoms with Gasteiger partial charge < -0.3 is 15.5 Å². The van der Waals surface area contributed by atoms with Crippen LogP contribution in [0.3, 0.4) is 0 Å². The molecule has 2 atom stereocenters. The van der Waals surface area contributed by atoms with Gasteiger partial charge in [-0.25, -0.2) is 14.8 Å². The third-order valence-electron chi connectivity index (χ3n) is 5.36. The third-order valence-corrected chi connectivity index (χ3v) is 6.47. The average molecular weight is 454 g/mol. The smallest absolute Gasteiger partial charge is 0.340 e. The number of pyridine rings is 2. The molecule has 5 rings (SSSR count). The molecule has 0 aromatic carbocycles. The van der Waals surface area contributed by atoms with E-state index in [0.717, 1.165) is 16.3 Å². The molecular formula is C21H16ClN5O3S. The number of ether oxygens (including phenoxy) is 1. The van der Waals surface area contributed by atoms with Crippen molar-refractivity contribution < 1.29 is 14.3 Å². The summed E-state index contributed by atoms with van der Waals surface area (Å²) in [5.41, 5.74) is 9.83. The van der Waals surface area contributed by atoms with Gasteiger partial charge in [0.15, 0.2) is 0 Å². The molecule has 8 nitrogen and oxygen atoms in total. The van der Waals surface area contributed by atoms with Gasteiger partial charge in [0.2, 0.25) is 5.24 Å². The number of halogens is 1. The fourth-order valence-electron chi connectivity index (χ4n) is 3.69. The molecule has 1 saturated carbocycles. The Morgan fingerprint density at radius 1 is 1.29 bits per heavy atom. The molecule has 10 heteroatoms. The summed E-state index contributed by atoms with van der Waals surface area (Å²) in [6.45, 7) is 0. The average Bonchev–Trinajstić information content (AvgIpc) is 3.17. The highest BCUT2D eigenvalue weighted by Gasteiger charge is 2.44. The lowest BCUT2D eigenvalue weighted by molar-refractivity contribution is -0.112. The van der Waals surface area contributed by atoms with Crippen molar-refractivity contribution in [1.29, 1.82) is 0 Å². The summed E-state index contributed by atoms with van der Waals surface area (Å²) in [7, 11) is 1.31. The molecule has 1 fully saturated rings. The molecule has 1 aliphatic rings. The Morgan fingerprint density at radius 3 is 2.81 bits per heavy atom. The highest BCUT2D eigenvalue weighted by atomic mass is 35.5. The minimum Gasteiger partial charge on any atom is -0.465 e. The maximum Gasteiger partial charge on any atom is 0.340 e. The first-order valence-electron chi connectivity index (χ1n) is 9.43. The zero-order chi connectivity index (χ0) is 21.7. The molecule has 4 aromatic rings. The number of nitrogens with two attached hydrogens (primary N) is 1. The zero-order valence-electron chi connectivity index (χ0n) is 16.3. The number of fused-ring (bicyclic) bond motifs is 1. The number of esters is 1. The normalized spacial score (nSPS) is 17.6. The van der Waals surface area contributed by atoms with Crippen LogP contribution < -0.4 is 5.73 Å². The first-order chi connectivity index (χ1) is 15.0. The van der Waals surface area contributed by atoms with Crippen LogP contribution in [0.25, 0.3) is 32.9 Å². The van der Waals surface area contributed by atoms with Crippen molar-refractivity contribution in [2.75, 3.05) is 12.8 Å². The number of hydrogen-bond donors (Lipinski definition) is 2. The van der Waals surface area contributed by atoms with Crippen molar-refractivity contribution in [3.8, 4) is 22.0 Å². The summed E-state index contributed by atoms with van der Waals surface area (Å²) in [5, 5.41) is 2.99. The van der Waals surface area contributed by atoms with E-state index in [0.29, 0.717) is 34.3 Å². The van der Waals surface area contributed by atoms with Crippen LogP contribution in [-0.2, 0) is 9.53 Å². The minimum atomic E-state index is -0.505. The van der Waals surface area contributed by atoms with Gasteiger partial charge in [0.25, 0.3) is 0 Å². The van der Waals surface area contributed by atoms with Crippen molar-refractivity contribution >= 4 is 50.9 Å². The molecule has 3 N–H and O–H groups in total. The Morgan fingerprint density at radius 2 is 2.13 bits per heavy atom. The molecule has 0 amide bonds. The van der Waals surface area contributed by atoms with E-state index < -0.39 is 5.97 Å². The minimum absolute atomic E-state index is 0.0228. The van der Waals surface area contributed by atoms with Crippen molar-refractivity contribution in [3.05, 3.63) is 47.2 Å². The summed E-state index contributed by atoms with van der Waals surface area (Å²) < 4.78 is 4.86. The fourth-order valence-corrected chi connectivity index (χ4v) is 4.56. The number of aromatic amines is 1. The number of hydrogen-bond acceptors (Lipinski definition) is 8. The van der Waals surface area contributed by atoms with Crippen molar-refractivity contribution in [1.82, 2.24) is 19.9 Å². The second-order valence-electron chi connectivity index (χ2n) is 7.28. The quantitative estimate of drug-likeness (QED) is 0.346. The summed E-state index contributed by atoms with van der Waals surface area (Å²) in [4.78, 5) is 40.3. The molecule has 0 saturated heterocycles. The topological polar surface area (TPSA) is 124 Å². The van der Waals surface area contributed by atoms with E-state index in [1.54, 1.807) is 12.3 Å². The van der Waals surface area contributed by atoms with Crippen LogP contribution in [0.2, 0.25) is 0 Å². The summed E-state index contributed by atoms with van der Waals surface area (Å²) in [5.74, 6) is -0.484. The van der Waals surface area contributed by atoms with Gasteiger partial charge in [0.05, 0.1) is 29.6 Å². The number of carbonyl (C=O) groups is 2. The Labute approximate surface area is 185 Å². The number of rotatable bonds is 5. The van der Waals surface area contributed by atoms with Gasteiger partial charge >= 0.3 is 5.97 Å². The molecule has 31 heavy (non-hydrogen) atoms. The molecule has 0 bridgehead atoms. The second kappa shape index (κ2) is 7.44. The lowest BCUT2D eigenvalue weighted by atomic mass is 10.1. The Bertz CT molecular complexity index is 1330. The monoisotopic (exact) mass is 453 g/mol. The molecule has 1 aliphatic carbocycles. The first-order valence-corrected chi connectivity index (χ1v) is 10.7. The molecule has 4 aromatic heterocycles. The highest BCUT2D eigenvalue weighted by Crippen LogP contribution is 2.49. The van der Waals surface area contributed by atoms with Crippen LogP contribution in [0.4, 0.5) is 5.82 Å². The van der Waals surface area contributed by atoms with Gasteiger partial charge in [-0.2, -0.15) is 0 Å². The number of H-pyrrole nitrogens is 1. The fraction of sp³-hybridized carbons (Fsp3) is 0.190. The van der Waals surface area contributed by atoms with Crippen LogP contribution >= 0.6 is 22.9 Å². The Hall–Kier alpha value is -3.30. The molecule has 2 unspecified atom stereocenters. The third kappa shape index (κ3) is 3.45. The lowest BCUT2D eigenvalue weighted by Gasteiger charge is -2.07. The first kappa shape index (κ1) is 19.7. The van der Waals surface area contributed by atoms with Crippen molar-refractivity contribution in [3.63, 3.8) is 0 Å². The highest BCUT2D eigenvalue weighted by molar-refractivity contribution is 7.13. The predicted molar refractivity (Wildman–Crippen MR) is 118 cm³/mol. The lowest BCUT2D eigenvalue weighted by Crippen LogP contribution is -2.03. The summed E-state index contributed by atoms with van der Waals surface area (Å²) in [6.07, 6.45) is 3.80. The number of nitrogen functional groups attached to an aromatic ring is 1. The van der Waals surface area contributed by atoms with Gasteiger partial charge in [-0.1, -0.05) is 0 Å². The number of nitrogens with one attached hydrogen (secondary N) is 1. The summed E-state index contributed by atoms with van der Waals surface area (Å²) >= 11 is 7.21. The molecule has 156 valence electrons. The number of aromatic nitrogens is 4. The molecule has 0 spiro atoms. The van der Waals surface area contributed by atoms with Crippen LogP contribution in [0.5, 0.6) is 0 Å². The zero-order valence-corrected chi connectivity index (χ0v) is 17.8. The molecule has 0 radical (unpaired) electrons. The number of methoxy groups -OCH3 is 1. The van der Waals surface area contributed by atoms with E-state index in [9.17, 15) is 9.59 Å². The molecule has 0 aliphatic heterocycles. The number of anilines is 1. The number of thiazole rings is 1. The van der Waals surface area contributed by atoms with Gasteiger partial charge in [-0.15, -0.1) is 11.3 Å². The van der Waals surface area contributed by atoms with Crippen LogP contribution in [0.1, 0.15) is 28.4 Å². The van der Waals surface area contributed by atoms with Crippen LogP contribution in [0.15, 0.2) is 36.0 Å². The van der Waals surface area contributed by atoms with Crippen molar-refractivity contribution in [2.24, 2.45) is 5.92 Å². The van der Waals surface area contributed by atoms with E-state index in [-0.39, 0.29) is 22.9 Å². The molecule has 4 heterocycles. The van der Waals surface area contributed by atoms with Crippen molar-refractivity contribution in [2.45, 2.75) is 12.3 Å². The maximum atomic E-state index is 12.2. The largest absolute Gasteiger partial charge is 0.465 e. The predicted octanol–water partition coefficient (Wildman–Crippen LogP) is 3.99. The van der Waals surface area contributed by atoms with Crippen LogP contribution in [-0.4, -0.2) is 38.3 Å². The standard InChI is InChI=1S/C21H16ClN5O3S/c1-30-21(29)13-8-25-19(23)17-11(13)7-16(27-17)15-5-9(20-24-2-3-31-20)4-14(26-15)10-6-12(10)18(22)28/h2-5,7-8,10,12,27H,6H2,1H3,(H2,23,25). The maximum absolute atomic E-state index is 12.2. The van der Waals surface area contributed by atoms with Gasteiger partial charge in [-0.05, 0) is 36.2 Å². The van der Waals surface area contributed by atoms with Gasteiger partial charge in [0.1, 0.15) is 10.8 Å². The Balaban J connectivity index is 1.67. The number of nitrogens with zero attached hydrogens (tertiary/aromatic N) is 3. The van der Waals surface area contributed by atoms with E-state index in [2.05, 4.69) is 15.0 Å². The van der Waals surface area contributed by atoms with Gasteiger partial charge in [-0.3, -0.25) is 9.78 Å². The van der Waals surface area contributed by atoms with E-state index in [1.165, 1.54) is 24.6 Å². The molecular weight excluding hydrogens is 438 g/mol.